The summed E-state index contributed by atoms with van der Waals surface area (Å²) < 4.78 is 29.1. The molecule has 0 spiro atoms. The van der Waals surface area contributed by atoms with Crippen molar-refractivity contribution in [1.82, 2.24) is 20.2 Å². The number of aromatic nitrogens is 4. The maximum absolute atomic E-state index is 12.1. The van der Waals surface area contributed by atoms with Gasteiger partial charge < -0.3 is 10.1 Å². The number of ether oxygens (including phenoxy) is 1. The molecule has 0 saturated heterocycles. The van der Waals surface area contributed by atoms with Crippen molar-refractivity contribution in [3.63, 3.8) is 0 Å². The van der Waals surface area contributed by atoms with Crippen molar-refractivity contribution in [2.24, 2.45) is 0 Å². The van der Waals surface area contributed by atoms with Gasteiger partial charge in [-0.15, -0.1) is 0 Å². The van der Waals surface area contributed by atoms with Crippen LogP contribution in [0.3, 0.4) is 0 Å². The van der Waals surface area contributed by atoms with Crippen LogP contribution in [0.1, 0.15) is 6.92 Å². The zero-order valence-corrected chi connectivity index (χ0v) is 9.07. The summed E-state index contributed by atoms with van der Waals surface area (Å²) in [5.41, 5.74) is 0.445. The molecule has 2 heterocycles. The van der Waals surface area contributed by atoms with E-state index in [1.165, 1.54) is 6.20 Å². The zero-order valence-electron chi connectivity index (χ0n) is 9.07. The van der Waals surface area contributed by atoms with E-state index in [2.05, 4.69) is 25.5 Å². The molecule has 0 amide bonds. The highest BCUT2D eigenvalue weighted by molar-refractivity contribution is 5.80. The Balaban J connectivity index is 2.32. The number of rotatable bonds is 5. The first-order valence-corrected chi connectivity index (χ1v) is 5.06. The lowest BCUT2D eigenvalue weighted by atomic mass is 10.4. The molecule has 0 fully saturated rings. The van der Waals surface area contributed by atoms with Crippen molar-refractivity contribution in [2.75, 3.05) is 18.5 Å². The van der Waals surface area contributed by atoms with Crippen molar-refractivity contribution >= 4 is 17.0 Å². The molecule has 2 N–H and O–H groups in total. The van der Waals surface area contributed by atoms with Crippen molar-refractivity contribution in [3.05, 3.63) is 6.20 Å². The number of nitrogens with zero attached hydrogens (tertiary/aromatic N) is 3. The Bertz CT molecular complexity index is 501. The molecule has 0 aliphatic carbocycles. The Morgan fingerprint density at radius 1 is 1.47 bits per heavy atom. The number of anilines is 1. The summed E-state index contributed by atoms with van der Waals surface area (Å²) in [7, 11) is 0. The molecule has 0 saturated carbocycles. The van der Waals surface area contributed by atoms with E-state index in [0.717, 1.165) is 0 Å². The van der Waals surface area contributed by atoms with Crippen LogP contribution < -0.4 is 10.1 Å². The molecule has 0 atom stereocenters. The fourth-order valence-corrected chi connectivity index (χ4v) is 1.30. The van der Waals surface area contributed by atoms with E-state index >= 15 is 0 Å². The van der Waals surface area contributed by atoms with Gasteiger partial charge in [0.2, 0.25) is 11.8 Å². The molecule has 92 valence electrons. The number of fused-ring (bicyclic) bond motifs is 1. The molecule has 0 radical (unpaired) electrons. The zero-order chi connectivity index (χ0) is 12.3. The summed E-state index contributed by atoms with van der Waals surface area (Å²) in [6, 6.07) is 0. The molecule has 8 heteroatoms. The lowest BCUT2D eigenvalue weighted by Gasteiger charge is -2.07. The molecule has 0 aliphatic rings. The molecule has 0 bridgehead atoms. The van der Waals surface area contributed by atoms with Crippen LogP contribution in [0.15, 0.2) is 6.20 Å². The monoisotopic (exact) mass is 243 g/mol. The molecule has 2 aromatic heterocycles. The third-order valence-corrected chi connectivity index (χ3v) is 1.96. The Labute approximate surface area is 95.4 Å². The Hall–Kier alpha value is -1.99. The Kier molecular flexibility index (Phi) is 3.31. The Morgan fingerprint density at radius 2 is 2.29 bits per heavy atom. The summed E-state index contributed by atoms with van der Waals surface area (Å²) in [6.07, 6.45) is -1.11. The number of hydrogen-bond acceptors (Lipinski definition) is 5. The largest absolute Gasteiger partial charge is 0.471 e. The molecule has 0 aliphatic heterocycles. The topological polar surface area (TPSA) is 75.7 Å². The van der Waals surface area contributed by atoms with Gasteiger partial charge in [0.15, 0.2) is 12.3 Å². The predicted octanol–water partition coefficient (Wildman–Crippen LogP) is 1.43. The second kappa shape index (κ2) is 4.89. The first kappa shape index (κ1) is 11.5. The van der Waals surface area contributed by atoms with Crippen molar-refractivity contribution in [3.8, 4) is 5.88 Å². The fourth-order valence-electron chi connectivity index (χ4n) is 1.30. The molecular weight excluding hydrogens is 232 g/mol. The maximum Gasteiger partial charge on any atom is 0.272 e. The first-order valence-electron chi connectivity index (χ1n) is 5.06. The third kappa shape index (κ3) is 2.58. The third-order valence-electron chi connectivity index (χ3n) is 1.96. The first-order chi connectivity index (χ1) is 8.20. The molecule has 2 aromatic rings. The summed E-state index contributed by atoms with van der Waals surface area (Å²) in [5.74, 6) is 0.411. The van der Waals surface area contributed by atoms with Crippen LogP contribution in [-0.4, -0.2) is 39.7 Å². The number of hydrogen-bond donors (Lipinski definition) is 2. The van der Waals surface area contributed by atoms with E-state index in [1.807, 2.05) is 6.92 Å². The van der Waals surface area contributed by atoms with E-state index < -0.39 is 13.0 Å². The highest BCUT2D eigenvalue weighted by atomic mass is 19.3. The van der Waals surface area contributed by atoms with Gasteiger partial charge in [-0.25, -0.2) is 8.78 Å². The average molecular weight is 243 g/mol. The minimum atomic E-state index is -2.55. The van der Waals surface area contributed by atoms with Gasteiger partial charge in [0.1, 0.15) is 5.39 Å². The van der Waals surface area contributed by atoms with Gasteiger partial charge in [-0.05, 0) is 6.92 Å². The maximum atomic E-state index is 12.1. The summed E-state index contributed by atoms with van der Waals surface area (Å²) in [4.78, 5) is 8.10. The van der Waals surface area contributed by atoms with Crippen LogP contribution in [0.4, 0.5) is 14.7 Å². The smallest absolute Gasteiger partial charge is 0.272 e. The van der Waals surface area contributed by atoms with Gasteiger partial charge in [0.25, 0.3) is 6.43 Å². The number of nitrogens with one attached hydrogen (secondary N) is 2. The lowest BCUT2D eigenvalue weighted by molar-refractivity contribution is 0.0804. The summed E-state index contributed by atoms with van der Waals surface area (Å²) in [5, 5.41) is 9.76. The van der Waals surface area contributed by atoms with E-state index in [0.29, 0.717) is 23.5 Å². The highest BCUT2D eigenvalue weighted by Crippen LogP contribution is 2.22. The van der Waals surface area contributed by atoms with Crippen LogP contribution in [0, 0.1) is 0 Å². The SMILES string of the molecule is CCNc1nc(OCC(F)F)c2cn[nH]c2n1. The minimum Gasteiger partial charge on any atom is -0.471 e. The van der Waals surface area contributed by atoms with Gasteiger partial charge in [0.05, 0.1) is 6.20 Å². The van der Waals surface area contributed by atoms with Crippen LogP contribution in [0.2, 0.25) is 0 Å². The van der Waals surface area contributed by atoms with Crippen LogP contribution in [0.5, 0.6) is 5.88 Å². The standard InChI is InChI=1S/C9H11F2N5O/c1-2-12-9-14-7-5(3-13-16-7)8(15-9)17-4-6(10)11/h3,6H,2,4H2,1H3,(H2,12,13,14,15,16). The minimum absolute atomic E-state index is 0.0972. The highest BCUT2D eigenvalue weighted by Gasteiger charge is 2.12. The fraction of sp³-hybridized carbons (Fsp3) is 0.444. The second-order valence-electron chi connectivity index (χ2n) is 3.22. The number of H-pyrrole nitrogens is 1. The van der Waals surface area contributed by atoms with E-state index in [9.17, 15) is 8.78 Å². The van der Waals surface area contributed by atoms with E-state index in [1.54, 1.807) is 0 Å². The number of alkyl halides is 2. The quantitative estimate of drug-likeness (QED) is 0.830. The van der Waals surface area contributed by atoms with E-state index in [4.69, 9.17) is 4.74 Å². The van der Waals surface area contributed by atoms with Crippen LogP contribution in [-0.2, 0) is 0 Å². The molecule has 0 aromatic carbocycles. The van der Waals surface area contributed by atoms with Gasteiger partial charge in [-0.2, -0.15) is 15.1 Å². The average Bonchev–Trinajstić information content (AvgIpc) is 2.74. The summed E-state index contributed by atoms with van der Waals surface area (Å²) >= 11 is 0. The lowest BCUT2D eigenvalue weighted by Crippen LogP contribution is -2.10. The Morgan fingerprint density at radius 3 is 3.00 bits per heavy atom. The predicted molar refractivity (Wildman–Crippen MR) is 57.3 cm³/mol. The van der Waals surface area contributed by atoms with Crippen molar-refractivity contribution in [2.45, 2.75) is 13.3 Å². The van der Waals surface area contributed by atoms with Crippen LogP contribution in [0.25, 0.3) is 11.0 Å². The van der Waals surface area contributed by atoms with Gasteiger partial charge in [-0.1, -0.05) is 0 Å². The van der Waals surface area contributed by atoms with Gasteiger partial charge >= 0.3 is 0 Å². The van der Waals surface area contributed by atoms with Crippen molar-refractivity contribution < 1.29 is 13.5 Å². The van der Waals surface area contributed by atoms with E-state index in [-0.39, 0.29) is 5.88 Å². The number of aromatic amines is 1. The van der Waals surface area contributed by atoms with Crippen molar-refractivity contribution in [1.29, 1.82) is 0 Å². The van der Waals surface area contributed by atoms with Crippen LogP contribution >= 0.6 is 0 Å². The number of halogens is 2. The molecule has 6 nitrogen and oxygen atoms in total. The summed E-state index contributed by atoms with van der Waals surface area (Å²) in [6.45, 7) is 1.79. The normalized spacial score (nSPS) is 11.1. The molecule has 2 rings (SSSR count). The molecule has 0 unspecified atom stereocenters. The van der Waals surface area contributed by atoms with Gasteiger partial charge in [-0.3, -0.25) is 5.10 Å². The van der Waals surface area contributed by atoms with Gasteiger partial charge in [0, 0.05) is 6.54 Å². The molecular formula is C9H11F2N5O. The molecule has 17 heavy (non-hydrogen) atoms. The second-order valence-corrected chi connectivity index (χ2v) is 3.22.